The lowest BCUT2D eigenvalue weighted by atomic mass is 10.1. The van der Waals surface area contributed by atoms with E-state index in [1.807, 2.05) is 0 Å². The van der Waals surface area contributed by atoms with Crippen molar-refractivity contribution >= 4 is 0 Å². The molecular weight excluding hydrogens is 228 g/mol. The molecule has 0 aromatic rings. The summed E-state index contributed by atoms with van der Waals surface area (Å²) in [6.07, 6.45) is 25.4. The van der Waals surface area contributed by atoms with Gasteiger partial charge in [0, 0.05) is 0 Å². The van der Waals surface area contributed by atoms with Crippen LogP contribution in [0.5, 0.6) is 0 Å². The Morgan fingerprint density at radius 1 is 0.579 bits per heavy atom. The van der Waals surface area contributed by atoms with Crippen LogP contribution in [0.3, 0.4) is 0 Å². The van der Waals surface area contributed by atoms with Crippen LogP contribution in [-0.4, -0.2) is 0 Å². The van der Waals surface area contributed by atoms with Gasteiger partial charge in [-0.25, -0.2) is 0 Å². The minimum atomic E-state index is 1.07. The molecule has 0 fully saturated rings. The van der Waals surface area contributed by atoms with Gasteiger partial charge >= 0.3 is 0 Å². The van der Waals surface area contributed by atoms with E-state index in [2.05, 4.69) is 26.0 Å². The summed E-state index contributed by atoms with van der Waals surface area (Å²) in [5.41, 5.74) is 0. The minimum absolute atomic E-state index is 1.07. The van der Waals surface area contributed by atoms with Gasteiger partial charge < -0.3 is 0 Å². The zero-order valence-corrected chi connectivity index (χ0v) is 13.5. The van der Waals surface area contributed by atoms with Crippen LogP contribution in [0.2, 0.25) is 0 Å². The topological polar surface area (TPSA) is 0 Å². The Labute approximate surface area is 123 Å². The Morgan fingerprint density at radius 3 is 1.47 bits per heavy atom. The molecule has 113 valence electrons. The summed E-state index contributed by atoms with van der Waals surface area (Å²) in [6.45, 7) is 6.14. The van der Waals surface area contributed by atoms with E-state index in [-0.39, 0.29) is 0 Å². The monoisotopic (exact) mass is 265 g/mol. The van der Waals surface area contributed by atoms with E-state index in [4.69, 9.17) is 0 Å². The van der Waals surface area contributed by atoms with Gasteiger partial charge in [0.25, 0.3) is 0 Å². The van der Waals surface area contributed by atoms with Crippen molar-refractivity contribution in [1.29, 1.82) is 0 Å². The number of hydrogen-bond donors (Lipinski definition) is 0. The van der Waals surface area contributed by atoms with Crippen LogP contribution < -0.4 is 0 Å². The Balaban J connectivity index is 2.97. The molecule has 0 unspecified atom stereocenters. The van der Waals surface area contributed by atoms with E-state index in [0.717, 1.165) is 6.42 Å². The van der Waals surface area contributed by atoms with Crippen molar-refractivity contribution in [2.24, 2.45) is 0 Å². The molecule has 0 atom stereocenters. The van der Waals surface area contributed by atoms with Gasteiger partial charge in [-0.2, -0.15) is 0 Å². The van der Waals surface area contributed by atoms with Gasteiger partial charge in [0.2, 0.25) is 0 Å². The highest BCUT2D eigenvalue weighted by Crippen LogP contribution is 2.12. The normalized spacial score (nSPS) is 11.5. The van der Waals surface area contributed by atoms with Crippen molar-refractivity contribution < 1.29 is 0 Å². The van der Waals surface area contributed by atoms with Crippen LogP contribution in [0.15, 0.2) is 12.2 Å². The quantitative estimate of drug-likeness (QED) is 0.216. The van der Waals surface area contributed by atoms with Crippen molar-refractivity contribution in [1.82, 2.24) is 0 Å². The standard InChI is InChI=1S/C19H37/c1-3-5-7-9-11-13-15-17-19-18-16-14-12-10-8-6-4-2/h9,11H,1,3-8,10,12-19H2,2H3. The lowest BCUT2D eigenvalue weighted by Crippen LogP contribution is -1.82. The van der Waals surface area contributed by atoms with Crippen LogP contribution in [0.4, 0.5) is 0 Å². The summed E-state index contributed by atoms with van der Waals surface area (Å²) >= 11 is 0. The molecule has 0 amide bonds. The third-order valence-electron chi connectivity index (χ3n) is 3.76. The lowest BCUT2D eigenvalue weighted by Gasteiger charge is -2.01. The highest BCUT2D eigenvalue weighted by Gasteiger charge is 1.92. The largest absolute Gasteiger partial charge is 0.0885 e. The maximum absolute atomic E-state index is 3.86. The number of unbranched alkanes of at least 4 members (excludes halogenated alkanes) is 13. The van der Waals surface area contributed by atoms with E-state index in [1.165, 1.54) is 89.9 Å². The maximum Gasteiger partial charge on any atom is -0.0351 e. The predicted molar refractivity (Wildman–Crippen MR) is 89.4 cm³/mol. The smallest absolute Gasteiger partial charge is 0.0351 e. The number of rotatable bonds is 15. The molecule has 0 spiro atoms. The van der Waals surface area contributed by atoms with Crippen molar-refractivity contribution in [2.45, 2.75) is 103 Å². The fraction of sp³-hybridized carbons (Fsp3) is 0.842. The van der Waals surface area contributed by atoms with Gasteiger partial charge in [-0.15, -0.1) is 0 Å². The molecule has 19 heavy (non-hydrogen) atoms. The Morgan fingerprint density at radius 2 is 1.00 bits per heavy atom. The highest BCUT2D eigenvalue weighted by molar-refractivity contribution is 4.81. The first-order valence-corrected chi connectivity index (χ1v) is 8.86. The Hall–Kier alpha value is -0.260. The highest BCUT2D eigenvalue weighted by atomic mass is 14.0. The summed E-state index contributed by atoms with van der Waals surface area (Å²) in [5, 5.41) is 0. The first-order valence-electron chi connectivity index (χ1n) is 8.86. The van der Waals surface area contributed by atoms with Crippen LogP contribution in [0.1, 0.15) is 103 Å². The van der Waals surface area contributed by atoms with Gasteiger partial charge in [0.15, 0.2) is 0 Å². The van der Waals surface area contributed by atoms with Gasteiger partial charge in [0.05, 0.1) is 0 Å². The molecule has 0 bridgehead atoms. The molecule has 0 aliphatic carbocycles. The Kier molecular flexibility index (Phi) is 17.5. The van der Waals surface area contributed by atoms with Crippen LogP contribution in [0, 0.1) is 6.92 Å². The second kappa shape index (κ2) is 17.7. The molecule has 0 aromatic carbocycles. The summed E-state index contributed by atoms with van der Waals surface area (Å²) < 4.78 is 0. The molecule has 0 aromatic heterocycles. The predicted octanol–water partition coefficient (Wildman–Crippen LogP) is 7.25. The van der Waals surface area contributed by atoms with Crippen LogP contribution in [0.25, 0.3) is 0 Å². The van der Waals surface area contributed by atoms with Crippen molar-refractivity contribution in [3.63, 3.8) is 0 Å². The molecule has 0 saturated heterocycles. The van der Waals surface area contributed by atoms with E-state index >= 15 is 0 Å². The average molecular weight is 266 g/mol. The molecule has 0 aliphatic rings. The van der Waals surface area contributed by atoms with E-state index < -0.39 is 0 Å². The second-order valence-electron chi connectivity index (χ2n) is 5.79. The molecule has 0 heterocycles. The molecule has 0 nitrogen and oxygen atoms in total. The molecule has 0 N–H and O–H groups in total. The maximum atomic E-state index is 3.86. The number of hydrogen-bond acceptors (Lipinski definition) is 0. The molecule has 0 heteroatoms. The summed E-state index contributed by atoms with van der Waals surface area (Å²) in [7, 11) is 0. The van der Waals surface area contributed by atoms with Gasteiger partial charge in [0.1, 0.15) is 0 Å². The molecule has 0 rings (SSSR count). The fourth-order valence-electron chi connectivity index (χ4n) is 2.42. The van der Waals surface area contributed by atoms with Gasteiger partial charge in [-0.3, -0.25) is 0 Å². The van der Waals surface area contributed by atoms with Crippen molar-refractivity contribution in [3.8, 4) is 0 Å². The zero-order valence-electron chi connectivity index (χ0n) is 13.5. The van der Waals surface area contributed by atoms with Crippen molar-refractivity contribution in [3.05, 3.63) is 19.1 Å². The number of allylic oxidation sites excluding steroid dienone is 2. The zero-order chi connectivity index (χ0) is 14.0. The summed E-state index contributed by atoms with van der Waals surface area (Å²) in [5.74, 6) is 0. The summed E-state index contributed by atoms with van der Waals surface area (Å²) in [6, 6.07) is 0. The van der Waals surface area contributed by atoms with E-state index in [1.54, 1.807) is 0 Å². The van der Waals surface area contributed by atoms with E-state index in [0.29, 0.717) is 0 Å². The van der Waals surface area contributed by atoms with Crippen LogP contribution >= 0.6 is 0 Å². The first-order chi connectivity index (χ1) is 9.41. The van der Waals surface area contributed by atoms with Gasteiger partial charge in [-0.05, 0) is 25.7 Å². The molecule has 1 radical (unpaired) electrons. The summed E-state index contributed by atoms with van der Waals surface area (Å²) in [4.78, 5) is 0. The third-order valence-corrected chi connectivity index (χ3v) is 3.76. The van der Waals surface area contributed by atoms with Crippen LogP contribution in [-0.2, 0) is 0 Å². The van der Waals surface area contributed by atoms with Crippen molar-refractivity contribution in [2.75, 3.05) is 0 Å². The minimum Gasteiger partial charge on any atom is -0.0885 e. The molecule has 0 saturated carbocycles. The SMILES string of the molecule is [CH2]CCCC=CCCCCCCCCCCCCC. The third kappa shape index (κ3) is 17.7. The molecule has 0 aliphatic heterocycles. The lowest BCUT2D eigenvalue weighted by molar-refractivity contribution is 0.550. The average Bonchev–Trinajstić information content (AvgIpc) is 2.43. The second-order valence-corrected chi connectivity index (χ2v) is 5.79. The van der Waals surface area contributed by atoms with E-state index in [9.17, 15) is 0 Å². The fourth-order valence-corrected chi connectivity index (χ4v) is 2.42. The Bertz CT molecular complexity index is 169. The molecular formula is C19H37. The first kappa shape index (κ1) is 18.7. The van der Waals surface area contributed by atoms with Gasteiger partial charge in [-0.1, -0.05) is 96.6 Å².